The van der Waals surface area contributed by atoms with E-state index in [9.17, 15) is 9.90 Å². The molecule has 2 aromatic rings. The summed E-state index contributed by atoms with van der Waals surface area (Å²) in [6.45, 7) is 4.37. The second-order valence-corrected chi connectivity index (χ2v) is 6.85. The molecule has 0 bridgehead atoms. The van der Waals surface area contributed by atoms with Crippen LogP contribution in [0.25, 0.3) is 10.6 Å². The predicted octanol–water partition coefficient (Wildman–Crippen LogP) is 3.01. The van der Waals surface area contributed by atoms with Crippen molar-refractivity contribution in [1.29, 1.82) is 0 Å². The van der Waals surface area contributed by atoms with Crippen LogP contribution < -0.4 is 5.32 Å². The van der Waals surface area contributed by atoms with Crippen molar-refractivity contribution in [3.05, 3.63) is 27.9 Å². The van der Waals surface area contributed by atoms with Crippen LogP contribution in [-0.2, 0) is 0 Å². The molecule has 2 heterocycles. The van der Waals surface area contributed by atoms with E-state index in [0.717, 1.165) is 10.6 Å². The van der Waals surface area contributed by atoms with Gasteiger partial charge in [-0.3, -0.25) is 4.79 Å². The van der Waals surface area contributed by atoms with Gasteiger partial charge in [-0.1, -0.05) is 13.8 Å². The Morgan fingerprint density at radius 1 is 1.50 bits per heavy atom. The summed E-state index contributed by atoms with van der Waals surface area (Å²) in [6, 6.07) is 1.98. The number of nitrogens with zero attached hydrogens (tertiary/aromatic N) is 1. The lowest BCUT2D eigenvalue weighted by molar-refractivity contribution is 0.0904. The lowest BCUT2D eigenvalue weighted by Crippen LogP contribution is -2.32. The number of amides is 1. The van der Waals surface area contributed by atoms with Crippen LogP contribution in [0.15, 0.2) is 23.0 Å². The van der Waals surface area contributed by atoms with Gasteiger partial charge >= 0.3 is 0 Å². The molecule has 0 aliphatic rings. The van der Waals surface area contributed by atoms with E-state index in [0.29, 0.717) is 17.2 Å². The fourth-order valence-corrected chi connectivity index (χ4v) is 3.37. The highest BCUT2D eigenvalue weighted by Gasteiger charge is 2.14. The van der Waals surface area contributed by atoms with Crippen LogP contribution in [0, 0.1) is 5.92 Å². The Labute approximate surface area is 126 Å². The fourth-order valence-electron chi connectivity index (χ4n) is 1.82. The van der Waals surface area contributed by atoms with Gasteiger partial charge in [0.2, 0.25) is 0 Å². The minimum Gasteiger partial charge on any atom is -0.391 e. The molecule has 4 nitrogen and oxygen atoms in total. The fraction of sp³-hybridized carbons (Fsp3) is 0.429. The topological polar surface area (TPSA) is 62.2 Å². The number of nitrogens with one attached hydrogen (secondary N) is 1. The van der Waals surface area contributed by atoms with Gasteiger partial charge < -0.3 is 10.4 Å². The van der Waals surface area contributed by atoms with Crippen molar-refractivity contribution in [3.63, 3.8) is 0 Å². The minimum absolute atomic E-state index is 0.174. The van der Waals surface area contributed by atoms with Gasteiger partial charge in [-0.25, -0.2) is 4.98 Å². The summed E-state index contributed by atoms with van der Waals surface area (Å²) in [5.74, 6) is 0.238. The second-order valence-electron chi connectivity index (χ2n) is 5.04. The van der Waals surface area contributed by atoms with Gasteiger partial charge in [0.25, 0.3) is 5.91 Å². The van der Waals surface area contributed by atoms with Gasteiger partial charge in [0, 0.05) is 17.5 Å². The molecule has 0 fully saturated rings. The average molecular weight is 310 g/mol. The summed E-state index contributed by atoms with van der Waals surface area (Å²) in [6.07, 6.45) is 1.77. The molecule has 0 radical (unpaired) electrons. The molecule has 2 rings (SSSR count). The highest BCUT2D eigenvalue weighted by molar-refractivity contribution is 7.17. The van der Waals surface area contributed by atoms with Crippen molar-refractivity contribution in [2.24, 2.45) is 5.92 Å². The highest BCUT2D eigenvalue weighted by atomic mass is 32.1. The highest BCUT2D eigenvalue weighted by Crippen LogP contribution is 2.26. The van der Waals surface area contributed by atoms with E-state index in [1.165, 1.54) is 11.3 Å². The Kier molecular flexibility index (Phi) is 5.28. The standard InChI is InChI=1S/C14H18N2O2S2/c1-9(2)5-11(17)6-15-13(18)12-7-16-14(20-12)10-3-4-19-8-10/h3-4,7-9,11,17H,5-6H2,1-2H3,(H,15,18). The van der Waals surface area contributed by atoms with Crippen molar-refractivity contribution >= 4 is 28.6 Å². The van der Waals surface area contributed by atoms with Gasteiger partial charge in [0.15, 0.2) is 0 Å². The minimum atomic E-state index is -0.497. The molecule has 20 heavy (non-hydrogen) atoms. The molecule has 108 valence electrons. The monoisotopic (exact) mass is 310 g/mol. The van der Waals surface area contributed by atoms with Crippen molar-refractivity contribution in [1.82, 2.24) is 10.3 Å². The smallest absolute Gasteiger partial charge is 0.263 e. The molecule has 6 heteroatoms. The molecule has 0 aliphatic carbocycles. The summed E-state index contributed by atoms with van der Waals surface area (Å²) in [5.41, 5.74) is 1.04. The third-order valence-corrected chi connectivity index (χ3v) is 4.47. The number of thiophene rings is 1. The maximum absolute atomic E-state index is 12.0. The number of hydrogen-bond donors (Lipinski definition) is 2. The van der Waals surface area contributed by atoms with E-state index in [1.807, 2.05) is 30.7 Å². The molecule has 0 aromatic carbocycles. The third-order valence-electron chi connectivity index (χ3n) is 2.74. The second kappa shape index (κ2) is 6.97. The molecule has 0 saturated heterocycles. The van der Waals surface area contributed by atoms with Crippen LogP contribution in [0.3, 0.4) is 0 Å². The van der Waals surface area contributed by atoms with Gasteiger partial charge in [0.1, 0.15) is 9.88 Å². The van der Waals surface area contributed by atoms with Gasteiger partial charge in [-0.15, -0.1) is 11.3 Å². The van der Waals surface area contributed by atoms with E-state index < -0.39 is 6.10 Å². The van der Waals surface area contributed by atoms with E-state index in [2.05, 4.69) is 10.3 Å². The number of hydrogen-bond acceptors (Lipinski definition) is 5. The first kappa shape index (κ1) is 15.2. The maximum Gasteiger partial charge on any atom is 0.263 e. The number of aliphatic hydroxyl groups is 1. The van der Waals surface area contributed by atoms with Crippen molar-refractivity contribution < 1.29 is 9.90 Å². The predicted molar refractivity (Wildman–Crippen MR) is 83.2 cm³/mol. The summed E-state index contributed by atoms with van der Waals surface area (Å²) in [4.78, 5) is 16.8. The van der Waals surface area contributed by atoms with Gasteiger partial charge in [0.05, 0.1) is 12.3 Å². The summed E-state index contributed by atoms with van der Waals surface area (Å²) in [5, 5.41) is 17.3. The molecule has 2 N–H and O–H groups in total. The molecule has 1 amide bonds. The van der Waals surface area contributed by atoms with E-state index in [4.69, 9.17) is 0 Å². The molecule has 0 spiro atoms. The first-order valence-corrected chi connectivity index (χ1v) is 8.27. The number of thiazole rings is 1. The van der Waals surface area contributed by atoms with Crippen molar-refractivity contribution in [2.45, 2.75) is 26.4 Å². The zero-order valence-corrected chi connectivity index (χ0v) is 13.1. The zero-order chi connectivity index (χ0) is 14.5. The number of aromatic nitrogens is 1. The Bertz CT molecular complexity index is 549. The molecule has 1 atom stereocenters. The van der Waals surface area contributed by atoms with Crippen LogP contribution in [0.2, 0.25) is 0 Å². The SMILES string of the molecule is CC(C)CC(O)CNC(=O)c1cnc(-c2ccsc2)s1. The number of carbonyl (C=O) groups excluding carboxylic acids is 1. The van der Waals surface area contributed by atoms with Crippen molar-refractivity contribution in [2.75, 3.05) is 6.54 Å². The Hall–Kier alpha value is -1.24. The first-order valence-electron chi connectivity index (χ1n) is 6.51. The van der Waals surface area contributed by atoms with Crippen LogP contribution in [0.5, 0.6) is 0 Å². The Morgan fingerprint density at radius 2 is 2.30 bits per heavy atom. The number of aliphatic hydroxyl groups excluding tert-OH is 1. The summed E-state index contributed by atoms with van der Waals surface area (Å²) < 4.78 is 0. The van der Waals surface area contributed by atoms with E-state index in [1.54, 1.807) is 17.5 Å². The first-order chi connectivity index (χ1) is 9.56. The largest absolute Gasteiger partial charge is 0.391 e. The summed E-state index contributed by atoms with van der Waals surface area (Å²) in [7, 11) is 0. The third kappa shape index (κ3) is 4.13. The normalized spacial score (nSPS) is 12.6. The molecule has 2 aromatic heterocycles. The van der Waals surface area contributed by atoms with Crippen LogP contribution >= 0.6 is 22.7 Å². The van der Waals surface area contributed by atoms with Crippen molar-refractivity contribution in [3.8, 4) is 10.6 Å². The lowest BCUT2D eigenvalue weighted by Gasteiger charge is -2.13. The van der Waals surface area contributed by atoms with E-state index >= 15 is 0 Å². The zero-order valence-electron chi connectivity index (χ0n) is 11.5. The number of rotatable bonds is 6. The maximum atomic E-state index is 12.0. The molecular weight excluding hydrogens is 292 g/mol. The Morgan fingerprint density at radius 3 is 2.95 bits per heavy atom. The van der Waals surface area contributed by atoms with Gasteiger partial charge in [-0.2, -0.15) is 11.3 Å². The molecule has 0 aliphatic heterocycles. The van der Waals surface area contributed by atoms with Crippen LogP contribution in [-0.4, -0.2) is 28.6 Å². The molecule has 0 saturated carbocycles. The lowest BCUT2D eigenvalue weighted by atomic mass is 10.1. The number of carbonyl (C=O) groups is 1. The van der Waals surface area contributed by atoms with Gasteiger partial charge in [-0.05, 0) is 23.8 Å². The van der Waals surface area contributed by atoms with Crippen LogP contribution in [0.4, 0.5) is 0 Å². The van der Waals surface area contributed by atoms with Crippen LogP contribution in [0.1, 0.15) is 29.9 Å². The quantitative estimate of drug-likeness (QED) is 0.862. The molecular formula is C14H18N2O2S2. The Balaban J connectivity index is 1.90. The van der Waals surface area contributed by atoms with E-state index in [-0.39, 0.29) is 12.5 Å². The molecule has 1 unspecified atom stereocenters. The summed E-state index contributed by atoms with van der Waals surface area (Å²) >= 11 is 2.97. The average Bonchev–Trinajstić information content (AvgIpc) is 3.04.